The summed E-state index contributed by atoms with van der Waals surface area (Å²) in [6, 6.07) is 11.7. The molecule has 3 heterocycles. The Hall–Kier alpha value is -2.60. The fourth-order valence-electron chi connectivity index (χ4n) is 3.27. The maximum atomic E-state index is 9.50. The second-order valence-electron chi connectivity index (χ2n) is 6.50. The minimum Gasteiger partial charge on any atom is -0.508 e. The van der Waals surface area contributed by atoms with Gasteiger partial charge in [0.05, 0.1) is 11.9 Å². The van der Waals surface area contributed by atoms with Crippen LogP contribution in [0.15, 0.2) is 42.6 Å². The van der Waals surface area contributed by atoms with Crippen molar-refractivity contribution >= 4 is 11.5 Å². The predicted octanol–water partition coefficient (Wildman–Crippen LogP) is 2.24. The molecule has 0 radical (unpaired) electrons. The Labute approximate surface area is 141 Å². The molecule has 0 aliphatic carbocycles. The molecule has 0 saturated carbocycles. The van der Waals surface area contributed by atoms with Gasteiger partial charge < -0.3 is 14.9 Å². The Kier molecular flexibility index (Phi) is 3.61. The minimum atomic E-state index is 0.262. The van der Waals surface area contributed by atoms with Crippen LogP contribution in [0.25, 0.3) is 16.9 Å². The summed E-state index contributed by atoms with van der Waals surface area (Å²) in [4.78, 5) is 9.35. The first-order valence-corrected chi connectivity index (χ1v) is 8.17. The number of anilines is 1. The Balaban J connectivity index is 1.77. The van der Waals surface area contributed by atoms with Crippen LogP contribution in [0, 0.1) is 0 Å². The first-order chi connectivity index (χ1) is 11.6. The van der Waals surface area contributed by atoms with Gasteiger partial charge in [0, 0.05) is 36.8 Å². The molecule has 6 heteroatoms. The largest absolute Gasteiger partial charge is 0.508 e. The SMILES string of the molecule is CN(C)[C@@H]1CCN(c2cc(-c3ccc(O)cc3)nc3ccnn23)C1. The van der Waals surface area contributed by atoms with Crippen LogP contribution in [0.5, 0.6) is 5.75 Å². The van der Waals surface area contributed by atoms with E-state index in [1.807, 2.05) is 22.7 Å². The first kappa shape index (κ1) is 15.0. The third kappa shape index (κ3) is 2.59. The number of hydrogen-bond acceptors (Lipinski definition) is 5. The van der Waals surface area contributed by atoms with Gasteiger partial charge in [-0.25, -0.2) is 4.98 Å². The van der Waals surface area contributed by atoms with Gasteiger partial charge in [-0.15, -0.1) is 0 Å². The van der Waals surface area contributed by atoms with Crippen molar-refractivity contribution in [1.82, 2.24) is 19.5 Å². The maximum Gasteiger partial charge on any atom is 0.157 e. The molecule has 1 aromatic carbocycles. The molecule has 0 spiro atoms. The molecule has 2 aromatic heterocycles. The second kappa shape index (κ2) is 5.79. The summed E-state index contributed by atoms with van der Waals surface area (Å²) in [5, 5.41) is 13.9. The third-order valence-corrected chi connectivity index (χ3v) is 4.72. The molecule has 0 bridgehead atoms. The molecule has 1 fully saturated rings. The molecular weight excluding hydrogens is 302 g/mol. The number of benzene rings is 1. The highest BCUT2D eigenvalue weighted by atomic mass is 16.3. The van der Waals surface area contributed by atoms with Crippen LogP contribution in [-0.2, 0) is 0 Å². The van der Waals surface area contributed by atoms with Crippen molar-refractivity contribution in [2.24, 2.45) is 0 Å². The Morgan fingerprint density at radius 3 is 2.67 bits per heavy atom. The van der Waals surface area contributed by atoms with Crippen LogP contribution in [0.4, 0.5) is 5.82 Å². The Morgan fingerprint density at radius 2 is 1.96 bits per heavy atom. The van der Waals surface area contributed by atoms with E-state index in [2.05, 4.69) is 35.1 Å². The zero-order chi connectivity index (χ0) is 16.7. The summed E-state index contributed by atoms with van der Waals surface area (Å²) in [5.74, 6) is 1.33. The van der Waals surface area contributed by atoms with E-state index in [1.54, 1.807) is 18.3 Å². The standard InChI is InChI=1S/C18H21N5O/c1-21(2)14-8-10-22(12-14)18-11-16(13-3-5-15(24)6-4-13)20-17-7-9-19-23(17)18/h3-7,9,11,14,24H,8,10,12H2,1-2H3/t14-/m1/s1. The highest BCUT2D eigenvalue weighted by Crippen LogP contribution is 2.28. The molecule has 1 saturated heterocycles. The number of aromatic nitrogens is 3. The van der Waals surface area contributed by atoms with Crippen molar-refractivity contribution in [2.75, 3.05) is 32.1 Å². The molecule has 6 nitrogen and oxygen atoms in total. The van der Waals surface area contributed by atoms with E-state index in [0.29, 0.717) is 6.04 Å². The highest BCUT2D eigenvalue weighted by molar-refractivity contribution is 5.67. The topological polar surface area (TPSA) is 56.9 Å². The van der Waals surface area contributed by atoms with Crippen LogP contribution in [-0.4, -0.2) is 57.8 Å². The van der Waals surface area contributed by atoms with Gasteiger partial charge in [0.2, 0.25) is 0 Å². The second-order valence-corrected chi connectivity index (χ2v) is 6.50. The van der Waals surface area contributed by atoms with E-state index in [0.717, 1.165) is 42.2 Å². The average Bonchev–Trinajstić information content (AvgIpc) is 3.24. The minimum absolute atomic E-state index is 0.262. The van der Waals surface area contributed by atoms with Crippen LogP contribution in [0.2, 0.25) is 0 Å². The molecule has 0 unspecified atom stereocenters. The monoisotopic (exact) mass is 323 g/mol. The van der Waals surface area contributed by atoms with Gasteiger partial charge in [0.1, 0.15) is 11.6 Å². The van der Waals surface area contributed by atoms with E-state index < -0.39 is 0 Å². The number of hydrogen-bond donors (Lipinski definition) is 1. The number of rotatable bonds is 3. The fraction of sp³-hybridized carbons (Fsp3) is 0.333. The summed E-state index contributed by atoms with van der Waals surface area (Å²) < 4.78 is 1.90. The van der Waals surface area contributed by atoms with E-state index in [9.17, 15) is 5.11 Å². The van der Waals surface area contributed by atoms with Gasteiger partial charge >= 0.3 is 0 Å². The van der Waals surface area contributed by atoms with Gasteiger partial charge in [-0.3, -0.25) is 0 Å². The van der Waals surface area contributed by atoms with Crippen molar-refractivity contribution < 1.29 is 5.11 Å². The van der Waals surface area contributed by atoms with Crippen molar-refractivity contribution in [3.63, 3.8) is 0 Å². The van der Waals surface area contributed by atoms with E-state index >= 15 is 0 Å². The number of likely N-dealkylation sites (N-methyl/N-ethyl adjacent to an activating group) is 1. The number of phenolic OH excluding ortho intramolecular Hbond substituents is 1. The third-order valence-electron chi connectivity index (χ3n) is 4.72. The predicted molar refractivity (Wildman–Crippen MR) is 94.4 cm³/mol. The molecule has 124 valence electrons. The number of nitrogens with zero attached hydrogens (tertiary/aromatic N) is 5. The van der Waals surface area contributed by atoms with E-state index in [-0.39, 0.29) is 5.75 Å². The molecule has 1 aliphatic heterocycles. The van der Waals surface area contributed by atoms with Crippen molar-refractivity contribution in [3.05, 3.63) is 42.6 Å². The molecule has 1 atom stereocenters. The smallest absolute Gasteiger partial charge is 0.157 e. The normalized spacial score (nSPS) is 18.0. The van der Waals surface area contributed by atoms with Crippen molar-refractivity contribution in [1.29, 1.82) is 0 Å². The Morgan fingerprint density at radius 1 is 1.17 bits per heavy atom. The summed E-state index contributed by atoms with van der Waals surface area (Å²) in [5.41, 5.74) is 2.72. The summed E-state index contributed by atoms with van der Waals surface area (Å²) >= 11 is 0. The molecule has 4 rings (SSSR count). The zero-order valence-corrected chi connectivity index (χ0v) is 13.9. The molecule has 24 heavy (non-hydrogen) atoms. The molecule has 0 amide bonds. The summed E-state index contributed by atoms with van der Waals surface area (Å²) in [6.45, 7) is 2.00. The molecule has 1 N–H and O–H groups in total. The zero-order valence-electron chi connectivity index (χ0n) is 13.9. The number of phenols is 1. The van der Waals surface area contributed by atoms with Gasteiger partial charge in [-0.2, -0.15) is 9.61 Å². The molecule has 3 aromatic rings. The lowest BCUT2D eigenvalue weighted by Gasteiger charge is -2.22. The van der Waals surface area contributed by atoms with Crippen LogP contribution in [0.1, 0.15) is 6.42 Å². The highest BCUT2D eigenvalue weighted by Gasteiger charge is 2.26. The first-order valence-electron chi connectivity index (χ1n) is 8.17. The van der Waals surface area contributed by atoms with Crippen molar-refractivity contribution in [2.45, 2.75) is 12.5 Å². The van der Waals surface area contributed by atoms with E-state index in [1.165, 1.54) is 0 Å². The van der Waals surface area contributed by atoms with Crippen LogP contribution < -0.4 is 4.90 Å². The lowest BCUT2D eigenvalue weighted by atomic mass is 10.1. The van der Waals surface area contributed by atoms with E-state index in [4.69, 9.17) is 4.98 Å². The van der Waals surface area contributed by atoms with Crippen molar-refractivity contribution in [3.8, 4) is 17.0 Å². The van der Waals surface area contributed by atoms with Crippen LogP contribution >= 0.6 is 0 Å². The number of fused-ring (bicyclic) bond motifs is 1. The Bertz CT molecular complexity index is 855. The fourth-order valence-corrected chi connectivity index (χ4v) is 3.27. The summed E-state index contributed by atoms with van der Waals surface area (Å²) in [6.07, 6.45) is 2.93. The maximum absolute atomic E-state index is 9.50. The molecule has 1 aliphatic rings. The van der Waals surface area contributed by atoms with Gasteiger partial charge in [-0.1, -0.05) is 0 Å². The van der Waals surface area contributed by atoms with Gasteiger partial charge in [-0.05, 0) is 44.8 Å². The van der Waals surface area contributed by atoms with Gasteiger partial charge in [0.25, 0.3) is 0 Å². The molecular formula is C18H21N5O. The van der Waals surface area contributed by atoms with Crippen LogP contribution in [0.3, 0.4) is 0 Å². The van der Waals surface area contributed by atoms with Gasteiger partial charge in [0.15, 0.2) is 5.65 Å². The average molecular weight is 323 g/mol. The lowest BCUT2D eigenvalue weighted by Crippen LogP contribution is -2.32. The quantitative estimate of drug-likeness (QED) is 0.801. The summed E-state index contributed by atoms with van der Waals surface area (Å²) in [7, 11) is 4.26. The number of aromatic hydroxyl groups is 1. The lowest BCUT2D eigenvalue weighted by molar-refractivity contribution is 0.315.